The standard InChI is InChI=1S/C29H27N3O6/c1-4-37-29(35)23-18-25(32(31-23)24-15-8-9-16-26(24)36-3)21-13-10-14-22(17-21)30-28(34)27(38-19(2)33)20-11-6-5-7-12-20/h5-18,27H,4H2,1-3H3,(H,30,34)/t27-/m0/s1. The summed E-state index contributed by atoms with van der Waals surface area (Å²) >= 11 is 0. The smallest absolute Gasteiger partial charge is 0.358 e. The molecule has 1 N–H and O–H groups in total. The van der Waals surface area contributed by atoms with Crippen molar-refractivity contribution in [2.75, 3.05) is 19.0 Å². The van der Waals surface area contributed by atoms with Crippen LogP contribution < -0.4 is 10.1 Å². The van der Waals surface area contributed by atoms with Crippen LogP contribution in [0.5, 0.6) is 5.75 Å². The predicted octanol–water partition coefficient (Wildman–Crippen LogP) is 4.97. The molecule has 9 nitrogen and oxygen atoms in total. The van der Waals surface area contributed by atoms with E-state index in [1.54, 1.807) is 73.3 Å². The van der Waals surface area contributed by atoms with Gasteiger partial charge in [0.25, 0.3) is 5.91 Å². The summed E-state index contributed by atoms with van der Waals surface area (Å²) < 4.78 is 17.6. The number of carbonyl (C=O) groups excluding carboxylic acids is 3. The Hall–Kier alpha value is -4.92. The van der Waals surface area contributed by atoms with Crippen molar-refractivity contribution in [3.05, 3.63) is 96.2 Å². The van der Waals surface area contributed by atoms with Crippen molar-refractivity contribution >= 4 is 23.5 Å². The molecular weight excluding hydrogens is 486 g/mol. The number of ether oxygens (including phenoxy) is 3. The number of aromatic nitrogens is 2. The fourth-order valence-corrected chi connectivity index (χ4v) is 3.91. The zero-order chi connectivity index (χ0) is 27.1. The van der Waals surface area contributed by atoms with Crippen molar-refractivity contribution in [2.45, 2.75) is 20.0 Å². The Bertz CT molecular complexity index is 1450. The molecule has 0 unspecified atom stereocenters. The maximum Gasteiger partial charge on any atom is 0.358 e. The molecule has 1 amide bonds. The highest BCUT2D eigenvalue weighted by molar-refractivity contribution is 5.96. The molecule has 0 spiro atoms. The highest BCUT2D eigenvalue weighted by Gasteiger charge is 2.24. The molecule has 1 aromatic heterocycles. The summed E-state index contributed by atoms with van der Waals surface area (Å²) in [6.07, 6.45) is -1.12. The fraction of sp³-hybridized carbons (Fsp3) is 0.172. The van der Waals surface area contributed by atoms with Crippen LogP contribution in [0.1, 0.15) is 36.0 Å². The van der Waals surface area contributed by atoms with E-state index in [2.05, 4.69) is 10.4 Å². The first-order valence-corrected chi connectivity index (χ1v) is 11.9. The highest BCUT2D eigenvalue weighted by atomic mass is 16.5. The molecule has 4 aromatic rings. The van der Waals surface area contributed by atoms with Crippen LogP contribution in [0.25, 0.3) is 16.9 Å². The lowest BCUT2D eigenvalue weighted by molar-refractivity contribution is -0.152. The number of nitrogens with one attached hydrogen (secondary N) is 1. The SMILES string of the molecule is CCOC(=O)c1cc(-c2cccc(NC(=O)[C@@H](OC(C)=O)c3ccccc3)c2)n(-c2ccccc2OC)n1. The van der Waals surface area contributed by atoms with Gasteiger partial charge in [0, 0.05) is 23.7 Å². The molecule has 4 rings (SSSR count). The number of anilines is 1. The first kappa shape index (κ1) is 26.2. The second-order valence-corrected chi connectivity index (χ2v) is 8.19. The quantitative estimate of drug-likeness (QED) is 0.315. The number of rotatable bonds is 9. The highest BCUT2D eigenvalue weighted by Crippen LogP contribution is 2.31. The third kappa shape index (κ3) is 5.89. The number of hydrogen-bond acceptors (Lipinski definition) is 7. The first-order valence-electron chi connectivity index (χ1n) is 11.9. The molecule has 0 aliphatic carbocycles. The molecule has 0 saturated carbocycles. The molecule has 1 atom stereocenters. The van der Waals surface area contributed by atoms with Crippen LogP contribution in [0, 0.1) is 0 Å². The van der Waals surface area contributed by atoms with Gasteiger partial charge < -0.3 is 19.5 Å². The van der Waals surface area contributed by atoms with Crippen molar-refractivity contribution in [3.63, 3.8) is 0 Å². The van der Waals surface area contributed by atoms with Gasteiger partial charge in [0.05, 0.1) is 19.4 Å². The topological polar surface area (TPSA) is 109 Å². The Labute approximate surface area is 220 Å². The maximum absolute atomic E-state index is 13.2. The molecule has 0 bridgehead atoms. The monoisotopic (exact) mass is 513 g/mol. The molecule has 0 aliphatic heterocycles. The van der Waals surface area contributed by atoms with Gasteiger partial charge in [0.2, 0.25) is 6.10 Å². The number of para-hydroxylation sites is 2. The van der Waals surface area contributed by atoms with Gasteiger partial charge in [-0.3, -0.25) is 9.59 Å². The Balaban J connectivity index is 1.72. The number of nitrogens with zero attached hydrogens (tertiary/aromatic N) is 2. The van der Waals surface area contributed by atoms with Crippen molar-refractivity contribution < 1.29 is 28.6 Å². The molecule has 9 heteroatoms. The van der Waals surface area contributed by atoms with Crippen LogP contribution >= 0.6 is 0 Å². The van der Waals surface area contributed by atoms with E-state index >= 15 is 0 Å². The number of carbonyl (C=O) groups is 3. The van der Waals surface area contributed by atoms with Crippen molar-refractivity contribution in [3.8, 4) is 22.7 Å². The molecule has 0 saturated heterocycles. The van der Waals surface area contributed by atoms with Gasteiger partial charge in [0.1, 0.15) is 11.4 Å². The third-order valence-electron chi connectivity index (χ3n) is 5.56. The predicted molar refractivity (Wildman–Crippen MR) is 141 cm³/mol. The molecule has 38 heavy (non-hydrogen) atoms. The Morgan fingerprint density at radius 2 is 1.68 bits per heavy atom. The van der Waals surface area contributed by atoms with Gasteiger partial charge >= 0.3 is 11.9 Å². The number of benzene rings is 3. The Kier molecular flexibility index (Phi) is 8.17. The second-order valence-electron chi connectivity index (χ2n) is 8.19. The minimum atomic E-state index is -1.12. The van der Waals surface area contributed by atoms with E-state index in [4.69, 9.17) is 14.2 Å². The minimum Gasteiger partial charge on any atom is -0.494 e. The maximum atomic E-state index is 13.2. The zero-order valence-electron chi connectivity index (χ0n) is 21.2. The lowest BCUT2D eigenvalue weighted by Gasteiger charge is -2.17. The minimum absolute atomic E-state index is 0.126. The van der Waals surface area contributed by atoms with Crippen LogP contribution in [0.4, 0.5) is 5.69 Å². The van der Waals surface area contributed by atoms with E-state index in [-0.39, 0.29) is 12.3 Å². The zero-order valence-corrected chi connectivity index (χ0v) is 21.2. The van der Waals surface area contributed by atoms with Gasteiger partial charge in [-0.1, -0.05) is 54.6 Å². The summed E-state index contributed by atoms with van der Waals surface area (Å²) in [5, 5.41) is 7.32. The summed E-state index contributed by atoms with van der Waals surface area (Å²) in [6, 6.07) is 24.7. The second kappa shape index (κ2) is 11.9. The van der Waals surface area contributed by atoms with E-state index in [9.17, 15) is 14.4 Å². The van der Waals surface area contributed by atoms with Crippen molar-refractivity contribution in [1.82, 2.24) is 9.78 Å². The number of methoxy groups -OCH3 is 1. The molecule has 1 heterocycles. The van der Waals surface area contributed by atoms with Crippen LogP contribution in [-0.2, 0) is 19.1 Å². The molecular formula is C29H27N3O6. The van der Waals surface area contributed by atoms with E-state index in [0.717, 1.165) is 0 Å². The fourth-order valence-electron chi connectivity index (χ4n) is 3.91. The van der Waals surface area contributed by atoms with Crippen LogP contribution in [0.2, 0.25) is 0 Å². The first-order chi connectivity index (χ1) is 18.4. The van der Waals surface area contributed by atoms with Crippen molar-refractivity contribution in [1.29, 1.82) is 0 Å². The number of esters is 2. The van der Waals surface area contributed by atoms with E-state index in [1.807, 2.05) is 30.3 Å². The summed E-state index contributed by atoms with van der Waals surface area (Å²) in [4.78, 5) is 37.4. The summed E-state index contributed by atoms with van der Waals surface area (Å²) in [6.45, 7) is 3.19. The Morgan fingerprint density at radius 3 is 2.39 bits per heavy atom. The normalized spacial score (nSPS) is 11.3. The van der Waals surface area contributed by atoms with Gasteiger partial charge in [-0.05, 0) is 37.3 Å². The van der Waals surface area contributed by atoms with Crippen LogP contribution in [0.15, 0.2) is 84.9 Å². The summed E-state index contributed by atoms with van der Waals surface area (Å²) in [7, 11) is 1.55. The Morgan fingerprint density at radius 1 is 0.947 bits per heavy atom. The molecule has 194 valence electrons. The average Bonchev–Trinajstić information content (AvgIpc) is 3.38. The molecule has 3 aromatic carbocycles. The van der Waals surface area contributed by atoms with Crippen LogP contribution in [0.3, 0.4) is 0 Å². The average molecular weight is 514 g/mol. The van der Waals surface area contributed by atoms with Gasteiger partial charge in [0.15, 0.2) is 5.69 Å². The summed E-state index contributed by atoms with van der Waals surface area (Å²) in [5.41, 5.74) is 3.00. The van der Waals surface area contributed by atoms with Gasteiger partial charge in [-0.2, -0.15) is 5.10 Å². The number of amides is 1. The van der Waals surface area contributed by atoms with Crippen LogP contribution in [-0.4, -0.2) is 41.3 Å². The van der Waals surface area contributed by atoms with Gasteiger partial charge in [-0.15, -0.1) is 0 Å². The third-order valence-corrected chi connectivity index (χ3v) is 5.56. The molecule has 0 aliphatic rings. The van der Waals surface area contributed by atoms with E-state index in [0.29, 0.717) is 33.9 Å². The number of hydrogen-bond donors (Lipinski definition) is 1. The largest absolute Gasteiger partial charge is 0.494 e. The van der Waals surface area contributed by atoms with E-state index < -0.39 is 23.9 Å². The van der Waals surface area contributed by atoms with Crippen molar-refractivity contribution in [2.24, 2.45) is 0 Å². The lowest BCUT2D eigenvalue weighted by atomic mass is 10.1. The molecule has 0 fully saturated rings. The lowest BCUT2D eigenvalue weighted by Crippen LogP contribution is -2.25. The molecule has 0 radical (unpaired) electrons. The van der Waals surface area contributed by atoms with Gasteiger partial charge in [-0.25, -0.2) is 9.48 Å². The van der Waals surface area contributed by atoms with E-state index in [1.165, 1.54) is 6.92 Å². The summed E-state index contributed by atoms with van der Waals surface area (Å²) in [5.74, 6) is -1.08.